The van der Waals surface area contributed by atoms with Gasteiger partial charge in [0.15, 0.2) is 0 Å². The number of fused-ring (bicyclic) bond motifs is 2. The summed E-state index contributed by atoms with van der Waals surface area (Å²) in [6, 6.07) is 11.8. The summed E-state index contributed by atoms with van der Waals surface area (Å²) >= 11 is 0. The zero-order chi connectivity index (χ0) is 25.6. The number of carbonyl (C=O) groups excluding carboxylic acids is 1. The van der Waals surface area contributed by atoms with Crippen LogP contribution in [0.1, 0.15) is 35.5 Å². The molecule has 0 aliphatic heterocycles. The van der Waals surface area contributed by atoms with Gasteiger partial charge in [0, 0.05) is 54.4 Å². The molecule has 0 saturated heterocycles. The number of H-pyrrole nitrogens is 1. The Kier molecular flexibility index (Phi) is 5.88. The standard InChI is InChI=1S/C28H29N5O3/c1-6-29-27(34)23-13-20-21(15-32(5)28(35)25(20)30-23)19-12-22-18(14-33(7-2)31-22)11-24(19)36-26-16(3)9-8-10-17(26)4/h8-15,30H,6-7H2,1-5H3,(H,29,34). The molecule has 0 aliphatic rings. The number of aromatic nitrogens is 4. The Bertz CT molecular complexity index is 1670. The van der Waals surface area contributed by atoms with Gasteiger partial charge in [-0.25, -0.2) is 0 Å². The molecule has 3 aromatic heterocycles. The van der Waals surface area contributed by atoms with Gasteiger partial charge in [-0.2, -0.15) is 5.10 Å². The molecule has 184 valence electrons. The van der Waals surface area contributed by atoms with Crippen molar-refractivity contribution in [1.29, 1.82) is 0 Å². The van der Waals surface area contributed by atoms with Crippen molar-refractivity contribution in [2.24, 2.45) is 7.05 Å². The fourth-order valence-electron chi connectivity index (χ4n) is 4.56. The molecule has 0 radical (unpaired) electrons. The second-order valence-electron chi connectivity index (χ2n) is 9.00. The molecule has 8 nitrogen and oxygen atoms in total. The first-order valence-corrected chi connectivity index (χ1v) is 12.1. The van der Waals surface area contributed by atoms with Gasteiger partial charge in [0.2, 0.25) is 0 Å². The minimum Gasteiger partial charge on any atom is -0.456 e. The molecule has 1 amide bonds. The minimum atomic E-state index is -0.258. The number of pyridine rings is 1. The molecule has 0 fully saturated rings. The van der Waals surface area contributed by atoms with Crippen molar-refractivity contribution >= 4 is 27.7 Å². The minimum absolute atomic E-state index is 0.210. The first kappa shape index (κ1) is 23.4. The summed E-state index contributed by atoms with van der Waals surface area (Å²) < 4.78 is 9.98. The molecule has 5 rings (SSSR count). The zero-order valence-electron chi connectivity index (χ0n) is 21.1. The highest BCUT2D eigenvalue weighted by Crippen LogP contribution is 2.40. The molecule has 3 heterocycles. The Morgan fingerprint density at radius 2 is 1.83 bits per heavy atom. The number of ether oxygens (including phenoxy) is 1. The van der Waals surface area contributed by atoms with Crippen molar-refractivity contribution in [3.8, 4) is 22.6 Å². The Morgan fingerprint density at radius 3 is 2.53 bits per heavy atom. The van der Waals surface area contributed by atoms with Crippen LogP contribution in [0.2, 0.25) is 0 Å². The predicted molar refractivity (Wildman–Crippen MR) is 142 cm³/mol. The van der Waals surface area contributed by atoms with Crippen LogP contribution in [0.4, 0.5) is 0 Å². The Balaban J connectivity index is 1.79. The molecule has 8 heteroatoms. The third-order valence-corrected chi connectivity index (χ3v) is 6.43. The number of para-hydroxylation sites is 1. The predicted octanol–water partition coefficient (Wildman–Crippen LogP) is 5.06. The number of aromatic amines is 1. The van der Waals surface area contributed by atoms with Crippen molar-refractivity contribution in [3.05, 3.63) is 76.0 Å². The fraction of sp³-hybridized carbons (Fsp3) is 0.250. The van der Waals surface area contributed by atoms with Gasteiger partial charge in [-0.3, -0.25) is 14.3 Å². The molecule has 0 bridgehead atoms. The van der Waals surface area contributed by atoms with Crippen LogP contribution in [0, 0.1) is 13.8 Å². The Labute approximate surface area is 208 Å². The van der Waals surface area contributed by atoms with E-state index in [2.05, 4.69) is 10.3 Å². The van der Waals surface area contributed by atoms with Crippen molar-refractivity contribution in [1.82, 2.24) is 24.6 Å². The molecule has 0 saturated carbocycles. The molecular formula is C28H29N5O3. The summed E-state index contributed by atoms with van der Waals surface area (Å²) in [5.74, 6) is 1.18. The number of hydrogen-bond acceptors (Lipinski definition) is 4. The smallest absolute Gasteiger partial charge is 0.274 e. The van der Waals surface area contributed by atoms with Crippen LogP contribution in [0.25, 0.3) is 32.9 Å². The molecule has 36 heavy (non-hydrogen) atoms. The lowest BCUT2D eigenvalue weighted by atomic mass is 10.0. The largest absolute Gasteiger partial charge is 0.456 e. The molecule has 5 aromatic rings. The van der Waals surface area contributed by atoms with E-state index in [0.717, 1.165) is 45.5 Å². The molecule has 0 aliphatic carbocycles. The highest BCUT2D eigenvalue weighted by atomic mass is 16.5. The molecule has 0 unspecified atom stereocenters. The number of carbonyl (C=O) groups is 1. The highest BCUT2D eigenvalue weighted by Gasteiger charge is 2.20. The van der Waals surface area contributed by atoms with E-state index in [1.165, 1.54) is 4.57 Å². The Morgan fingerprint density at radius 1 is 1.08 bits per heavy atom. The van der Waals surface area contributed by atoms with Gasteiger partial charge in [-0.1, -0.05) is 18.2 Å². The van der Waals surface area contributed by atoms with Crippen molar-refractivity contribution in [3.63, 3.8) is 0 Å². The maximum absolute atomic E-state index is 13.0. The summed E-state index contributed by atoms with van der Waals surface area (Å²) in [5.41, 5.74) is 4.92. The van der Waals surface area contributed by atoms with E-state index in [1.807, 2.05) is 68.9 Å². The van der Waals surface area contributed by atoms with Gasteiger partial charge in [-0.15, -0.1) is 0 Å². The highest BCUT2D eigenvalue weighted by molar-refractivity contribution is 6.04. The van der Waals surface area contributed by atoms with E-state index >= 15 is 0 Å². The number of rotatable bonds is 6. The fourth-order valence-corrected chi connectivity index (χ4v) is 4.56. The van der Waals surface area contributed by atoms with E-state index in [9.17, 15) is 9.59 Å². The third kappa shape index (κ3) is 3.94. The quantitative estimate of drug-likeness (QED) is 0.353. The molecule has 0 spiro atoms. The van der Waals surface area contributed by atoms with Crippen LogP contribution in [-0.4, -0.2) is 31.8 Å². The number of hydrogen-bond donors (Lipinski definition) is 2. The lowest BCUT2D eigenvalue weighted by Crippen LogP contribution is -2.23. The van der Waals surface area contributed by atoms with Gasteiger partial charge >= 0.3 is 0 Å². The summed E-state index contributed by atoms with van der Waals surface area (Å²) in [6.45, 7) is 9.17. The summed E-state index contributed by atoms with van der Waals surface area (Å²) in [5, 5.41) is 9.10. The second kappa shape index (κ2) is 9.03. The summed E-state index contributed by atoms with van der Waals surface area (Å²) in [6.07, 6.45) is 3.78. The maximum Gasteiger partial charge on any atom is 0.274 e. The molecule has 2 N–H and O–H groups in total. The maximum atomic E-state index is 13.0. The monoisotopic (exact) mass is 483 g/mol. The summed E-state index contributed by atoms with van der Waals surface area (Å²) in [7, 11) is 1.70. The third-order valence-electron chi connectivity index (χ3n) is 6.43. The van der Waals surface area contributed by atoms with Gasteiger partial charge < -0.3 is 19.6 Å². The Hall–Kier alpha value is -4.33. The SMILES string of the molecule is CCNC(=O)c1cc2c(-c3cc4nn(CC)cc4cc3Oc3c(C)cccc3C)cn(C)c(=O)c2[nH]1. The normalized spacial score (nSPS) is 11.4. The van der Waals surface area contributed by atoms with Crippen molar-refractivity contribution in [2.75, 3.05) is 6.54 Å². The van der Waals surface area contributed by atoms with Crippen LogP contribution >= 0.6 is 0 Å². The summed E-state index contributed by atoms with van der Waals surface area (Å²) in [4.78, 5) is 28.6. The van der Waals surface area contributed by atoms with Crippen LogP contribution in [0.15, 0.2) is 53.6 Å². The number of nitrogens with zero attached hydrogens (tertiary/aromatic N) is 3. The topological polar surface area (TPSA) is 93.9 Å². The lowest BCUT2D eigenvalue weighted by Gasteiger charge is -2.16. The van der Waals surface area contributed by atoms with Crippen molar-refractivity contribution < 1.29 is 9.53 Å². The van der Waals surface area contributed by atoms with E-state index in [0.29, 0.717) is 28.9 Å². The van der Waals surface area contributed by atoms with Gasteiger partial charge in [0.05, 0.1) is 5.52 Å². The number of amides is 1. The van der Waals surface area contributed by atoms with Crippen LogP contribution in [0.5, 0.6) is 11.5 Å². The van der Waals surface area contributed by atoms with E-state index < -0.39 is 0 Å². The van der Waals surface area contributed by atoms with Crippen LogP contribution < -0.4 is 15.6 Å². The van der Waals surface area contributed by atoms with Crippen molar-refractivity contribution in [2.45, 2.75) is 34.2 Å². The van der Waals surface area contributed by atoms with Gasteiger partial charge in [0.1, 0.15) is 22.7 Å². The van der Waals surface area contributed by atoms with E-state index in [1.54, 1.807) is 19.3 Å². The zero-order valence-corrected chi connectivity index (χ0v) is 21.1. The average Bonchev–Trinajstić information content (AvgIpc) is 3.48. The molecular weight excluding hydrogens is 454 g/mol. The number of aryl methyl sites for hydroxylation is 4. The van der Waals surface area contributed by atoms with E-state index in [-0.39, 0.29) is 11.5 Å². The first-order chi connectivity index (χ1) is 17.3. The van der Waals surface area contributed by atoms with Crippen LogP contribution in [-0.2, 0) is 13.6 Å². The number of benzene rings is 2. The first-order valence-electron chi connectivity index (χ1n) is 12.1. The van der Waals surface area contributed by atoms with Gasteiger partial charge in [-0.05, 0) is 57.0 Å². The van der Waals surface area contributed by atoms with E-state index in [4.69, 9.17) is 9.84 Å². The molecule has 2 aromatic carbocycles. The van der Waals surface area contributed by atoms with Gasteiger partial charge in [0.25, 0.3) is 11.5 Å². The molecule has 0 atom stereocenters. The van der Waals surface area contributed by atoms with Crippen LogP contribution in [0.3, 0.4) is 0 Å². The average molecular weight is 484 g/mol. The lowest BCUT2D eigenvalue weighted by molar-refractivity contribution is 0.0951. The number of nitrogens with one attached hydrogen (secondary N) is 2. The second-order valence-corrected chi connectivity index (χ2v) is 9.00.